The summed E-state index contributed by atoms with van der Waals surface area (Å²) in [5.74, 6) is 0.956. The first-order valence-electron chi connectivity index (χ1n) is 16.8. The van der Waals surface area contributed by atoms with E-state index in [0.717, 1.165) is 24.8 Å². The number of ether oxygens (including phenoxy) is 2. The molecule has 224 valence electrons. The minimum absolute atomic E-state index is 0.339. The van der Waals surface area contributed by atoms with Crippen molar-refractivity contribution in [2.75, 3.05) is 6.61 Å². The second kappa shape index (κ2) is 23.4. The number of unbranched alkanes of at least 4 members (excludes halogenated alkanes) is 18. The van der Waals surface area contributed by atoms with Crippen LogP contribution >= 0.6 is 0 Å². The summed E-state index contributed by atoms with van der Waals surface area (Å²) < 4.78 is 11.9. The van der Waals surface area contributed by atoms with Crippen molar-refractivity contribution in [3.05, 3.63) is 59.7 Å². The van der Waals surface area contributed by atoms with E-state index in [9.17, 15) is 4.79 Å². The fourth-order valence-electron chi connectivity index (χ4n) is 5.30. The molecule has 3 nitrogen and oxygen atoms in total. The molecule has 0 N–H and O–H groups in total. The van der Waals surface area contributed by atoms with Crippen LogP contribution < -0.4 is 9.47 Å². The zero-order chi connectivity index (χ0) is 28.5. The highest BCUT2D eigenvalue weighted by Crippen LogP contribution is 2.25. The Balaban J connectivity index is 1.69. The summed E-state index contributed by atoms with van der Waals surface area (Å²) in [5, 5.41) is 0. The van der Waals surface area contributed by atoms with Gasteiger partial charge in [-0.3, -0.25) is 0 Å². The summed E-state index contributed by atoms with van der Waals surface area (Å²) >= 11 is 0. The molecular weight excluding hydrogens is 492 g/mol. The van der Waals surface area contributed by atoms with E-state index in [-0.39, 0.29) is 5.97 Å². The van der Waals surface area contributed by atoms with Crippen LogP contribution in [0.1, 0.15) is 158 Å². The van der Waals surface area contributed by atoms with Gasteiger partial charge in [0.15, 0.2) is 0 Å². The fraction of sp³-hybridized carbons (Fsp3) is 0.649. The maximum absolute atomic E-state index is 13.1. The molecule has 40 heavy (non-hydrogen) atoms. The van der Waals surface area contributed by atoms with Gasteiger partial charge in [0.2, 0.25) is 0 Å². The fourth-order valence-corrected chi connectivity index (χ4v) is 5.30. The topological polar surface area (TPSA) is 35.5 Å². The van der Waals surface area contributed by atoms with Crippen LogP contribution in [0, 0.1) is 0 Å². The van der Waals surface area contributed by atoms with E-state index in [2.05, 4.69) is 19.9 Å². The van der Waals surface area contributed by atoms with Gasteiger partial charge >= 0.3 is 5.97 Å². The summed E-state index contributed by atoms with van der Waals surface area (Å²) in [6, 6.07) is 15.5. The van der Waals surface area contributed by atoms with Crippen LogP contribution in [0.25, 0.3) is 0 Å². The average Bonchev–Trinajstić information content (AvgIpc) is 2.98. The second-order valence-corrected chi connectivity index (χ2v) is 11.5. The van der Waals surface area contributed by atoms with Gasteiger partial charge in [-0.05, 0) is 43.0 Å². The Bertz CT molecular complexity index is 890. The van der Waals surface area contributed by atoms with Gasteiger partial charge in [0.1, 0.15) is 17.1 Å². The molecule has 2 rings (SSSR count). The van der Waals surface area contributed by atoms with E-state index in [1.54, 1.807) is 6.07 Å². The van der Waals surface area contributed by atoms with Crippen molar-refractivity contribution in [3.63, 3.8) is 0 Å². The number of hydrogen-bond donors (Lipinski definition) is 0. The van der Waals surface area contributed by atoms with E-state index < -0.39 is 0 Å². The average molecular weight is 551 g/mol. The Morgan fingerprint density at radius 2 is 0.975 bits per heavy atom. The lowest BCUT2D eigenvalue weighted by Crippen LogP contribution is -2.12. The van der Waals surface area contributed by atoms with Gasteiger partial charge in [0.25, 0.3) is 0 Å². The quantitative estimate of drug-likeness (QED) is 0.0700. The van der Waals surface area contributed by atoms with Crippen molar-refractivity contribution in [2.45, 2.75) is 149 Å². The van der Waals surface area contributed by atoms with E-state index >= 15 is 0 Å². The molecule has 0 saturated carbocycles. The van der Waals surface area contributed by atoms with Crippen LogP contribution in [0.3, 0.4) is 0 Å². The van der Waals surface area contributed by atoms with Gasteiger partial charge in [-0.15, -0.1) is 0 Å². The van der Waals surface area contributed by atoms with E-state index in [1.165, 1.54) is 116 Å². The van der Waals surface area contributed by atoms with Crippen LogP contribution in [-0.4, -0.2) is 12.6 Å². The molecule has 0 aliphatic heterocycles. The van der Waals surface area contributed by atoms with Crippen molar-refractivity contribution in [3.8, 4) is 11.5 Å². The minimum atomic E-state index is -0.339. The summed E-state index contributed by atoms with van der Waals surface area (Å²) in [7, 11) is 0. The minimum Gasteiger partial charge on any atom is -0.493 e. The predicted octanol–water partition coefficient (Wildman–Crippen LogP) is 11.7. The third kappa shape index (κ3) is 15.5. The van der Waals surface area contributed by atoms with E-state index in [4.69, 9.17) is 9.47 Å². The Morgan fingerprint density at radius 3 is 1.55 bits per heavy atom. The molecule has 0 amide bonds. The SMILES string of the molecule is CCCCCCCCCCCCOc1ccccc1C(=O)Oc1ccccc1CCCCCCCCCCCC. The lowest BCUT2D eigenvalue weighted by molar-refractivity contribution is 0.0728. The summed E-state index contributed by atoms with van der Waals surface area (Å²) in [6.07, 6.45) is 27.1. The Kier molecular flexibility index (Phi) is 19.9. The molecule has 0 atom stereocenters. The molecule has 0 radical (unpaired) electrons. The highest BCUT2D eigenvalue weighted by Gasteiger charge is 2.16. The molecular formula is C37H58O3. The first kappa shape index (κ1) is 33.9. The smallest absolute Gasteiger partial charge is 0.347 e. The van der Waals surface area contributed by atoms with Gasteiger partial charge in [0.05, 0.1) is 6.61 Å². The number of carbonyl (C=O) groups excluding carboxylic acids is 1. The highest BCUT2D eigenvalue weighted by molar-refractivity contribution is 5.94. The first-order valence-corrected chi connectivity index (χ1v) is 16.8. The van der Waals surface area contributed by atoms with Crippen LogP contribution in [-0.2, 0) is 6.42 Å². The molecule has 0 aromatic heterocycles. The molecule has 0 spiro atoms. The number of para-hydroxylation sites is 2. The van der Waals surface area contributed by atoms with E-state index in [1.807, 2.05) is 36.4 Å². The summed E-state index contributed by atoms with van der Waals surface area (Å²) in [4.78, 5) is 13.1. The molecule has 0 unspecified atom stereocenters. The van der Waals surface area contributed by atoms with Gasteiger partial charge < -0.3 is 9.47 Å². The maximum Gasteiger partial charge on any atom is 0.347 e. The van der Waals surface area contributed by atoms with Crippen LogP contribution in [0.4, 0.5) is 0 Å². The van der Waals surface area contributed by atoms with Crippen molar-refractivity contribution < 1.29 is 14.3 Å². The lowest BCUT2D eigenvalue weighted by atomic mass is 10.0. The normalized spacial score (nSPS) is 11.1. The Hall–Kier alpha value is -2.29. The lowest BCUT2D eigenvalue weighted by Gasteiger charge is -2.13. The van der Waals surface area contributed by atoms with Crippen molar-refractivity contribution in [1.82, 2.24) is 0 Å². The van der Waals surface area contributed by atoms with Gasteiger partial charge in [-0.2, -0.15) is 0 Å². The molecule has 0 bridgehead atoms. The zero-order valence-electron chi connectivity index (χ0n) is 25.9. The zero-order valence-corrected chi connectivity index (χ0v) is 25.9. The molecule has 3 heteroatoms. The van der Waals surface area contributed by atoms with Gasteiger partial charge in [-0.1, -0.05) is 160 Å². The molecule has 0 aliphatic rings. The van der Waals surface area contributed by atoms with E-state index in [0.29, 0.717) is 23.7 Å². The highest BCUT2D eigenvalue weighted by atomic mass is 16.5. The number of esters is 1. The predicted molar refractivity (Wildman–Crippen MR) is 171 cm³/mol. The number of benzene rings is 2. The van der Waals surface area contributed by atoms with Crippen LogP contribution in [0.15, 0.2) is 48.5 Å². The Morgan fingerprint density at radius 1 is 0.525 bits per heavy atom. The van der Waals surface area contributed by atoms with Crippen molar-refractivity contribution in [2.24, 2.45) is 0 Å². The standard InChI is InChI=1S/C37H58O3/c1-3-5-7-9-11-13-15-17-19-21-27-33-28-22-24-30-35(33)40-37(38)34-29-23-25-31-36(34)39-32-26-20-18-16-14-12-10-8-6-4-2/h22-25,28-31H,3-21,26-27,32H2,1-2H3. The molecule has 0 heterocycles. The Labute approximate surface area is 246 Å². The summed E-state index contributed by atoms with van der Waals surface area (Å²) in [5.41, 5.74) is 1.61. The van der Waals surface area contributed by atoms with Crippen LogP contribution in [0.5, 0.6) is 11.5 Å². The first-order chi connectivity index (χ1) is 19.8. The number of rotatable bonds is 25. The molecule has 0 aliphatic carbocycles. The number of carbonyl (C=O) groups is 1. The third-order valence-electron chi connectivity index (χ3n) is 7.84. The third-order valence-corrected chi connectivity index (χ3v) is 7.84. The van der Waals surface area contributed by atoms with Crippen molar-refractivity contribution in [1.29, 1.82) is 0 Å². The second-order valence-electron chi connectivity index (χ2n) is 11.5. The molecule has 2 aromatic carbocycles. The van der Waals surface area contributed by atoms with Gasteiger partial charge in [-0.25, -0.2) is 4.79 Å². The molecule has 0 fully saturated rings. The number of hydrogen-bond acceptors (Lipinski definition) is 3. The van der Waals surface area contributed by atoms with Crippen LogP contribution in [0.2, 0.25) is 0 Å². The monoisotopic (exact) mass is 550 g/mol. The molecule has 2 aromatic rings. The largest absolute Gasteiger partial charge is 0.493 e. The number of aryl methyl sites for hydroxylation is 1. The summed E-state index contributed by atoms with van der Waals surface area (Å²) in [6.45, 7) is 5.17. The van der Waals surface area contributed by atoms with Gasteiger partial charge in [0, 0.05) is 0 Å². The van der Waals surface area contributed by atoms with Crippen molar-refractivity contribution >= 4 is 5.97 Å². The maximum atomic E-state index is 13.1. The molecule has 0 saturated heterocycles.